The van der Waals surface area contributed by atoms with Crippen molar-refractivity contribution in [3.05, 3.63) is 0 Å². The van der Waals surface area contributed by atoms with Crippen LogP contribution in [0, 0.1) is 11.8 Å². The van der Waals surface area contributed by atoms with E-state index in [0.717, 1.165) is 63.7 Å². The summed E-state index contributed by atoms with van der Waals surface area (Å²) in [5.41, 5.74) is 0. The van der Waals surface area contributed by atoms with Crippen LogP contribution in [0.3, 0.4) is 0 Å². The Labute approximate surface area is 201 Å². The molecule has 1 saturated carbocycles. The van der Waals surface area contributed by atoms with Crippen molar-refractivity contribution in [1.29, 1.82) is 0 Å². The van der Waals surface area contributed by atoms with E-state index in [2.05, 4.69) is 25.0 Å². The number of aliphatic imine (C=N–C) groups is 1. The van der Waals surface area contributed by atoms with Crippen LogP contribution in [0.2, 0.25) is 0 Å². The van der Waals surface area contributed by atoms with Gasteiger partial charge in [0.2, 0.25) is 0 Å². The van der Waals surface area contributed by atoms with Crippen LogP contribution in [0.4, 0.5) is 0 Å². The molecule has 0 aromatic rings. The van der Waals surface area contributed by atoms with Crippen molar-refractivity contribution in [2.75, 3.05) is 72.6 Å². The molecule has 0 aromatic carbocycles. The first-order valence-corrected chi connectivity index (χ1v) is 12.3. The number of rotatable bonds is 6. The molecule has 0 amide bonds. The molecule has 4 fully saturated rings. The third-order valence-corrected chi connectivity index (χ3v) is 7.63. The van der Waals surface area contributed by atoms with Gasteiger partial charge < -0.3 is 15.0 Å². The molecule has 174 valence electrons. The summed E-state index contributed by atoms with van der Waals surface area (Å²) in [4.78, 5) is 12.5. The molecule has 6 nitrogen and oxygen atoms in total. The van der Waals surface area contributed by atoms with Gasteiger partial charge >= 0.3 is 0 Å². The van der Waals surface area contributed by atoms with Gasteiger partial charge in [-0.2, -0.15) is 0 Å². The fraction of sp³-hybridized carbons (Fsp3) is 0.957. The Bertz CT molecular complexity index is 522. The van der Waals surface area contributed by atoms with Crippen LogP contribution >= 0.6 is 24.0 Å². The minimum atomic E-state index is 0. The van der Waals surface area contributed by atoms with Crippen LogP contribution in [0.5, 0.6) is 0 Å². The van der Waals surface area contributed by atoms with E-state index in [9.17, 15) is 0 Å². The van der Waals surface area contributed by atoms with E-state index in [4.69, 9.17) is 4.74 Å². The fourth-order valence-electron chi connectivity index (χ4n) is 5.93. The third-order valence-electron chi connectivity index (χ3n) is 7.63. The van der Waals surface area contributed by atoms with E-state index >= 15 is 0 Å². The first kappa shape index (κ1) is 24.5. The number of halogens is 1. The van der Waals surface area contributed by atoms with Crippen LogP contribution in [-0.2, 0) is 4.74 Å². The predicted octanol–water partition coefficient (Wildman–Crippen LogP) is 2.88. The lowest BCUT2D eigenvalue weighted by Gasteiger charge is -2.32. The molecule has 30 heavy (non-hydrogen) atoms. The predicted molar refractivity (Wildman–Crippen MR) is 135 cm³/mol. The standard InChI is InChI=1S/C23H43N5O.HI/c1-24-23(28-11-9-21(19-28)17-26-12-14-29-15-13-26)25-16-22-8-5-10-27(22)18-20-6-3-2-4-7-20;/h20-22H,2-19H2,1H3,(H,24,25);1H. The normalized spacial score (nSPS) is 29.9. The number of hydrogen-bond acceptors (Lipinski definition) is 4. The molecule has 1 aliphatic carbocycles. The zero-order chi connectivity index (χ0) is 19.9. The molecular weight excluding hydrogens is 489 g/mol. The molecule has 0 aromatic heterocycles. The molecule has 0 spiro atoms. The maximum Gasteiger partial charge on any atom is 0.193 e. The van der Waals surface area contributed by atoms with Gasteiger partial charge in [-0.1, -0.05) is 19.3 Å². The first-order valence-electron chi connectivity index (χ1n) is 12.3. The lowest BCUT2D eigenvalue weighted by molar-refractivity contribution is 0.0315. The minimum Gasteiger partial charge on any atom is -0.379 e. The topological polar surface area (TPSA) is 43.3 Å². The van der Waals surface area contributed by atoms with Crippen LogP contribution in [0.1, 0.15) is 51.4 Å². The average Bonchev–Trinajstić information content (AvgIpc) is 3.40. The molecule has 3 heterocycles. The highest BCUT2D eigenvalue weighted by Gasteiger charge is 2.30. The van der Waals surface area contributed by atoms with Crippen molar-refractivity contribution >= 4 is 29.9 Å². The first-order chi connectivity index (χ1) is 14.3. The summed E-state index contributed by atoms with van der Waals surface area (Å²) in [6.07, 6.45) is 11.3. The molecule has 7 heteroatoms. The van der Waals surface area contributed by atoms with Crippen molar-refractivity contribution in [3.8, 4) is 0 Å². The Morgan fingerprint density at radius 1 is 0.900 bits per heavy atom. The third kappa shape index (κ3) is 6.94. The van der Waals surface area contributed by atoms with Crippen molar-refractivity contribution < 1.29 is 4.74 Å². The zero-order valence-corrected chi connectivity index (χ0v) is 21.4. The lowest BCUT2D eigenvalue weighted by atomic mass is 9.89. The summed E-state index contributed by atoms with van der Waals surface area (Å²) in [6, 6.07) is 0.695. The zero-order valence-electron chi connectivity index (χ0n) is 19.1. The Kier molecular flexibility index (Phi) is 10.5. The maximum absolute atomic E-state index is 5.49. The van der Waals surface area contributed by atoms with Crippen molar-refractivity contribution in [3.63, 3.8) is 0 Å². The highest BCUT2D eigenvalue weighted by atomic mass is 127. The van der Waals surface area contributed by atoms with Crippen molar-refractivity contribution in [1.82, 2.24) is 20.0 Å². The van der Waals surface area contributed by atoms with E-state index in [1.165, 1.54) is 71.0 Å². The summed E-state index contributed by atoms with van der Waals surface area (Å²) in [5, 5.41) is 3.75. The summed E-state index contributed by atoms with van der Waals surface area (Å²) in [6.45, 7) is 11.2. The Balaban J connectivity index is 0.00000256. The van der Waals surface area contributed by atoms with Gasteiger partial charge in [0.05, 0.1) is 13.2 Å². The Hall–Kier alpha value is -0.120. The second-order valence-electron chi connectivity index (χ2n) is 9.74. The van der Waals surface area contributed by atoms with E-state index in [0.29, 0.717) is 6.04 Å². The molecule has 4 aliphatic rings. The van der Waals surface area contributed by atoms with Crippen molar-refractivity contribution in [2.24, 2.45) is 16.8 Å². The summed E-state index contributed by atoms with van der Waals surface area (Å²) >= 11 is 0. The minimum absolute atomic E-state index is 0. The van der Waals surface area contributed by atoms with Gasteiger partial charge in [-0.3, -0.25) is 14.8 Å². The monoisotopic (exact) mass is 533 g/mol. The molecule has 1 N–H and O–H groups in total. The molecular formula is C23H44IN5O. The van der Waals surface area contributed by atoms with Crippen LogP contribution in [-0.4, -0.2) is 99.3 Å². The van der Waals surface area contributed by atoms with Gasteiger partial charge in [0, 0.05) is 58.9 Å². The summed E-state index contributed by atoms with van der Waals surface area (Å²) in [5.74, 6) is 2.84. The number of hydrogen-bond donors (Lipinski definition) is 1. The molecule has 4 rings (SSSR count). The SMILES string of the molecule is CN=C(NCC1CCCN1CC1CCCCC1)N1CCC(CN2CCOCC2)C1.I. The Morgan fingerprint density at radius 3 is 2.47 bits per heavy atom. The van der Waals surface area contributed by atoms with E-state index < -0.39 is 0 Å². The summed E-state index contributed by atoms with van der Waals surface area (Å²) in [7, 11) is 1.95. The van der Waals surface area contributed by atoms with E-state index in [1.807, 2.05) is 7.05 Å². The number of morpholine rings is 1. The molecule has 2 atom stereocenters. The number of ether oxygens (including phenoxy) is 1. The number of nitrogens with one attached hydrogen (secondary N) is 1. The van der Waals surface area contributed by atoms with E-state index in [1.54, 1.807) is 0 Å². The number of likely N-dealkylation sites (tertiary alicyclic amines) is 2. The van der Waals surface area contributed by atoms with E-state index in [-0.39, 0.29) is 24.0 Å². The van der Waals surface area contributed by atoms with Crippen molar-refractivity contribution in [2.45, 2.75) is 57.4 Å². The average molecular weight is 534 g/mol. The van der Waals surface area contributed by atoms with Gasteiger partial charge in [0.25, 0.3) is 0 Å². The second-order valence-corrected chi connectivity index (χ2v) is 9.74. The quantitative estimate of drug-likeness (QED) is 0.323. The second kappa shape index (κ2) is 12.8. The maximum atomic E-state index is 5.49. The van der Waals surface area contributed by atoms with Gasteiger partial charge in [-0.15, -0.1) is 24.0 Å². The number of guanidine groups is 1. The summed E-state index contributed by atoms with van der Waals surface area (Å²) < 4.78 is 5.49. The van der Waals surface area contributed by atoms with Gasteiger partial charge in [0.1, 0.15) is 0 Å². The molecule has 3 aliphatic heterocycles. The molecule has 2 unspecified atom stereocenters. The lowest BCUT2D eigenvalue weighted by Crippen LogP contribution is -2.47. The largest absolute Gasteiger partial charge is 0.379 e. The molecule has 3 saturated heterocycles. The Morgan fingerprint density at radius 2 is 1.70 bits per heavy atom. The molecule has 0 bridgehead atoms. The van der Waals surface area contributed by atoms with Gasteiger partial charge in [0.15, 0.2) is 5.96 Å². The van der Waals surface area contributed by atoms with Crippen LogP contribution < -0.4 is 5.32 Å². The number of nitrogens with zero attached hydrogens (tertiary/aromatic N) is 4. The fourth-order valence-corrected chi connectivity index (χ4v) is 5.93. The van der Waals surface area contributed by atoms with Crippen LogP contribution in [0.25, 0.3) is 0 Å². The smallest absolute Gasteiger partial charge is 0.193 e. The molecule has 0 radical (unpaired) electrons. The highest BCUT2D eigenvalue weighted by molar-refractivity contribution is 14.0. The highest BCUT2D eigenvalue weighted by Crippen LogP contribution is 2.27. The van der Waals surface area contributed by atoms with Gasteiger partial charge in [-0.05, 0) is 50.5 Å². The van der Waals surface area contributed by atoms with Crippen LogP contribution in [0.15, 0.2) is 4.99 Å². The van der Waals surface area contributed by atoms with Gasteiger partial charge in [-0.25, -0.2) is 0 Å².